The lowest BCUT2D eigenvalue weighted by molar-refractivity contribution is -0.917. The quantitative estimate of drug-likeness (QED) is 0.620. The minimum absolute atomic E-state index is 0.265. The van der Waals surface area contributed by atoms with Crippen LogP contribution in [0.15, 0.2) is 77.7 Å². The van der Waals surface area contributed by atoms with E-state index in [1.165, 1.54) is 4.90 Å². The summed E-state index contributed by atoms with van der Waals surface area (Å²) in [4.78, 5) is 1.64. The molecule has 32 heavy (non-hydrogen) atoms. The van der Waals surface area contributed by atoms with Crippen molar-refractivity contribution in [2.75, 3.05) is 33.0 Å². The Morgan fingerprint density at radius 3 is 2.28 bits per heavy atom. The van der Waals surface area contributed by atoms with Gasteiger partial charge < -0.3 is 19.1 Å². The molecule has 0 spiro atoms. The second kappa shape index (κ2) is 8.82. The van der Waals surface area contributed by atoms with Gasteiger partial charge in [-0.15, -0.1) is 0 Å². The largest absolute Gasteiger partial charge is 0.457 e. The van der Waals surface area contributed by atoms with Crippen LogP contribution >= 0.6 is 0 Å². The van der Waals surface area contributed by atoms with E-state index in [1.807, 2.05) is 48.5 Å². The summed E-state index contributed by atoms with van der Waals surface area (Å²) < 4.78 is 44.3. The number of quaternary nitrogens is 1. The highest BCUT2D eigenvalue weighted by molar-refractivity contribution is 7.89. The van der Waals surface area contributed by atoms with Gasteiger partial charge in [-0.2, -0.15) is 4.31 Å². The van der Waals surface area contributed by atoms with Crippen LogP contribution in [0.3, 0.4) is 0 Å². The first-order valence-corrected chi connectivity index (χ1v) is 12.1. The first-order chi connectivity index (χ1) is 15.6. The summed E-state index contributed by atoms with van der Waals surface area (Å²) in [5, 5.41) is 0. The van der Waals surface area contributed by atoms with Crippen LogP contribution in [0.1, 0.15) is 5.56 Å². The fourth-order valence-electron chi connectivity index (χ4n) is 4.01. The minimum Gasteiger partial charge on any atom is -0.457 e. The molecule has 0 aromatic heterocycles. The lowest BCUT2D eigenvalue weighted by Crippen LogP contribution is -3.13. The van der Waals surface area contributed by atoms with E-state index in [9.17, 15) is 8.42 Å². The van der Waals surface area contributed by atoms with Crippen molar-refractivity contribution < 1.29 is 27.5 Å². The average Bonchev–Trinajstić information content (AvgIpc) is 3.28. The van der Waals surface area contributed by atoms with E-state index < -0.39 is 10.0 Å². The number of benzene rings is 3. The van der Waals surface area contributed by atoms with Crippen LogP contribution in [0, 0.1) is 0 Å². The van der Waals surface area contributed by atoms with Crippen molar-refractivity contribution in [3.8, 4) is 23.0 Å². The van der Waals surface area contributed by atoms with Gasteiger partial charge in [0.2, 0.25) is 16.8 Å². The van der Waals surface area contributed by atoms with Crippen LogP contribution < -0.4 is 19.1 Å². The molecule has 1 saturated heterocycles. The number of ether oxygens (including phenoxy) is 3. The van der Waals surface area contributed by atoms with E-state index in [-0.39, 0.29) is 11.7 Å². The Balaban J connectivity index is 1.19. The summed E-state index contributed by atoms with van der Waals surface area (Å²) >= 11 is 0. The minimum atomic E-state index is -3.53. The van der Waals surface area contributed by atoms with Gasteiger partial charge in [0.1, 0.15) is 18.0 Å². The van der Waals surface area contributed by atoms with E-state index >= 15 is 0 Å². The Morgan fingerprint density at radius 1 is 0.844 bits per heavy atom. The Labute approximate surface area is 187 Å². The highest BCUT2D eigenvalue weighted by atomic mass is 32.2. The predicted molar refractivity (Wildman–Crippen MR) is 119 cm³/mol. The number of nitrogens with one attached hydrogen (secondary N) is 1. The van der Waals surface area contributed by atoms with Crippen LogP contribution in [-0.4, -0.2) is 45.7 Å². The zero-order valence-electron chi connectivity index (χ0n) is 17.6. The van der Waals surface area contributed by atoms with Gasteiger partial charge in [0.25, 0.3) is 0 Å². The molecule has 8 heteroatoms. The van der Waals surface area contributed by atoms with Crippen molar-refractivity contribution in [3.05, 3.63) is 78.4 Å². The molecule has 2 heterocycles. The lowest BCUT2D eigenvalue weighted by Gasteiger charge is -2.31. The van der Waals surface area contributed by atoms with E-state index in [0.29, 0.717) is 24.6 Å². The molecule has 2 aliphatic rings. The van der Waals surface area contributed by atoms with Gasteiger partial charge in [0.05, 0.1) is 31.1 Å². The van der Waals surface area contributed by atoms with Crippen LogP contribution in [-0.2, 0) is 16.6 Å². The van der Waals surface area contributed by atoms with Crippen LogP contribution in [0.4, 0.5) is 0 Å². The molecule has 0 amide bonds. The van der Waals surface area contributed by atoms with Crippen molar-refractivity contribution in [3.63, 3.8) is 0 Å². The lowest BCUT2D eigenvalue weighted by atomic mass is 10.2. The maximum atomic E-state index is 13.1. The number of para-hydroxylation sites is 1. The number of sulfonamides is 1. The van der Waals surface area contributed by atoms with Crippen molar-refractivity contribution in [2.24, 2.45) is 0 Å². The zero-order valence-corrected chi connectivity index (χ0v) is 18.4. The first kappa shape index (κ1) is 20.8. The fraction of sp³-hybridized carbons (Fsp3) is 0.250. The number of hydrogen-bond acceptors (Lipinski definition) is 5. The van der Waals surface area contributed by atoms with Crippen molar-refractivity contribution in [2.45, 2.75) is 11.4 Å². The normalized spacial score (nSPS) is 16.8. The third kappa shape index (κ3) is 4.43. The second-order valence-corrected chi connectivity index (χ2v) is 9.84. The topological polar surface area (TPSA) is 69.5 Å². The number of piperazine rings is 1. The van der Waals surface area contributed by atoms with Crippen LogP contribution in [0.5, 0.6) is 23.0 Å². The average molecular weight is 454 g/mol. The van der Waals surface area contributed by atoms with Gasteiger partial charge in [-0.1, -0.05) is 18.2 Å². The van der Waals surface area contributed by atoms with E-state index in [4.69, 9.17) is 14.2 Å². The third-order valence-electron chi connectivity index (χ3n) is 5.76. The molecule has 1 N–H and O–H groups in total. The number of fused-ring (bicyclic) bond motifs is 1. The van der Waals surface area contributed by atoms with Gasteiger partial charge in [-0.3, -0.25) is 0 Å². The summed E-state index contributed by atoms with van der Waals surface area (Å²) in [6.07, 6.45) is 0. The molecule has 1 fully saturated rings. The molecule has 5 rings (SSSR count). The summed E-state index contributed by atoms with van der Waals surface area (Å²) in [6.45, 7) is 3.58. The van der Waals surface area contributed by atoms with Crippen molar-refractivity contribution in [1.82, 2.24) is 4.31 Å². The summed E-state index contributed by atoms with van der Waals surface area (Å²) in [6, 6.07) is 22.0. The monoisotopic (exact) mass is 453 g/mol. The molecule has 0 atom stereocenters. The molecule has 0 radical (unpaired) electrons. The zero-order chi connectivity index (χ0) is 22.0. The van der Waals surface area contributed by atoms with Gasteiger partial charge in [-0.05, 0) is 54.6 Å². The highest BCUT2D eigenvalue weighted by Crippen LogP contribution is 2.32. The molecular weight excluding hydrogens is 428 g/mol. The second-order valence-electron chi connectivity index (χ2n) is 7.90. The Kier molecular flexibility index (Phi) is 5.73. The van der Waals surface area contributed by atoms with Gasteiger partial charge >= 0.3 is 0 Å². The molecule has 7 nitrogen and oxygen atoms in total. The summed E-state index contributed by atoms with van der Waals surface area (Å²) in [5.41, 5.74) is 1.16. The molecule has 0 aliphatic carbocycles. The van der Waals surface area contributed by atoms with Crippen molar-refractivity contribution >= 4 is 10.0 Å². The smallest absolute Gasteiger partial charge is 0.243 e. The van der Waals surface area contributed by atoms with E-state index in [1.54, 1.807) is 28.6 Å². The van der Waals surface area contributed by atoms with Crippen LogP contribution in [0.25, 0.3) is 0 Å². The standard InChI is InChI=1S/C24H24N2O5S/c27-32(28,22-9-7-21(8-10-22)31-20-4-2-1-3-5-20)26-14-12-25(13-15-26)17-19-6-11-23-24(16-19)30-18-29-23/h1-11,16H,12-15,17-18H2/p+1. The Bertz CT molecular complexity index is 1170. The van der Waals surface area contributed by atoms with Gasteiger partial charge in [0.15, 0.2) is 11.5 Å². The fourth-order valence-corrected chi connectivity index (χ4v) is 5.45. The SMILES string of the molecule is O=S(=O)(c1ccc(Oc2ccccc2)cc1)N1CC[NH+](Cc2ccc3c(c2)OCO3)CC1. The molecule has 0 unspecified atom stereocenters. The van der Waals surface area contributed by atoms with E-state index in [2.05, 4.69) is 0 Å². The highest BCUT2D eigenvalue weighted by Gasteiger charge is 2.30. The number of rotatable bonds is 6. The van der Waals surface area contributed by atoms with Crippen molar-refractivity contribution in [1.29, 1.82) is 0 Å². The number of nitrogens with zero attached hydrogens (tertiary/aromatic N) is 1. The molecule has 3 aromatic rings. The molecule has 2 aliphatic heterocycles. The first-order valence-electron chi connectivity index (χ1n) is 10.6. The van der Waals surface area contributed by atoms with Crippen LogP contribution in [0.2, 0.25) is 0 Å². The maximum absolute atomic E-state index is 13.1. The van der Waals surface area contributed by atoms with Gasteiger partial charge in [0, 0.05) is 5.56 Å². The Hall–Kier alpha value is -3.07. The Morgan fingerprint density at radius 2 is 1.53 bits per heavy atom. The van der Waals surface area contributed by atoms with Gasteiger partial charge in [-0.25, -0.2) is 8.42 Å². The number of hydrogen-bond donors (Lipinski definition) is 1. The molecule has 0 saturated carbocycles. The predicted octanol–water partition coefficient (Wildman–Crippen LogP) is 2.30. The maximum Gasteiger partial charge on any atom is 0.243 e. The molecular formula is C24H25N2O5S+. The third-order valence-corrected chi connectivity index (χ3v) is 7.67. The molecule has 0 bridgehead atoms. The molecule has 3 aromatic carbocycles. The molecule has 166 valence electrons. The summed E-state index contributed by atoms with van der Waals surface area (Å²) in [7, 11) is -3.53. The van der Waals surface area contributed by atoms with E-state index in [0.717, 1.165) is 36.7 Å². The summed E-state index contributed by atoms with van der Waals surface area (Å²) in [5.74, 6) is 2.88.